The summed E-state index contributed by atoms with van der Waals surface area (Å²) < 4.78 is 42.3. The van der Waals surface area contributed by atoms with E-state index < -0.39 is 29.3 Å². The lowest BCUT2D eigenvalue weighted by Gasteiger charge is -2.26. The van der Waals surface area contributed by atoms with Gasteiger partial charge in [-0.1, -0.05) is 5.16 Å². The summed E-state index contributed by atoms with van der Waals surface area (Å²) >= 11 is 0.965. The molecule has 0 saturated heterocycles. The van der Waals surface area contributed by atoms with Crippen LogP contribution in [0.5, 0.6) is 0 Å². The number of hydrogen-bond donors (Lipinski definition) is 2. The fourth-order valence-corrected chi connectivity index (χ4v) is 2.55. The minimum atomic E-state index is -5.17. The molecule has 0 fully saturated rings. The number of thioether (sulfide) groups is 1. The van der Waals surface area contributed by atoms with Gasteiger partial charge in [-0.3, -0.25) is 13.9 Å². The highest BCUT2D eigenvalue weighted by atomic mass is 32.2. The molecule has 2 N–H and O–H groups in total. The maximum absolute atomic E-state index is 12.2. The summed E-state index contributed by atoms with van der Waals surface area (Å²) in [5.41, 5.74) is -2.09. The number of amides is 1. The van der Waals surface area contributed by atoms with Gasteiger partial charge in [0.1, 0.15) is 5.54 Å². The molecule has 0 aliphatic heterocycles. The van der Waals surface area contributed by atoms with Crippen LogP contribution < -0.4 is 11.1 Å². The topological polar surface area (TPSA) is 114 Å². The maximum Gasteiger partial charge on any atom is 0.471 e. The van der Waals surface area contributed by atoms with E-state index in [9.17, 15) is 27.6 Å². The third-order valence-corrected chi connectivity index (χ3v) is 4.09. The molecule has 12 heteroatoms. The summed E-state index contributed by atoms with van der Waals surface area (Å²) in [6, 6.07) is 0. The number of carboxylic acid groups (broad SMARTS) is 1. The summed E-state index contributed by atoms with van der Waals surface area (Å²) in [4.78, 5) is 33.3. The Balaban J connectivity index is 2.62. The van der Waals surface area contributed by atoms with Crippen molar-refractivity contribution in [3.8, 4) is 0 Å². The van der Waals surface area contributed by atoms with E-state index >= 15 is 0 Å². The summed E-state index contributed by atoms with van der Waals surface area (Å²) in [7, 11) is 0. The zero-order valence-corrected chi connectivity index (χ0v) is 13.0. The largest absolute Gasteiger partial charge is 0.479 e. The number of alkyl halides is 3. The number of aryl methyl sites for hydroxylation is 1. The van der Waals surface area contributed by atoms with Gasteiger partial charge in [0.15, 0.2) is 5.82 Å². The smallest absolute Gasteiger partial charge is 0.471 e. The van der Waals surface area contributed by atoms with Crippen molar-refractivity contribution in [2.45, 2.75) is 32.1 Å². The van der Waals surface area contributed by atoms with Gasteiger partial charge in [-0.25, -0.2) is 9.59 Å². The molecule has 1 aromatic rings. The molecule has 1 atom stereocenters. The van der Waals surface area contributed by atoms with Crippen LogP contribution in [0, 0.1) is 6.92 Å². The first-order valence-corrected chi connectivity index (χ1v) is 7.36. The molecule has 0 saturated carbocycles. The Hall–Kier alpha value is -1.98. The zero-order valence-electron chi connectivity index (χ0n) is 12.1. The number of aliphatic carboxylic acids is 1. The standard InChI is InChI=1S/C11H14F3N3O5S/c1-6-16-22-9(21)17(6)3-4-23-5-10(2,8(19)20)15-7(18)11(12,13)14/h3-5H2,1-2H3,(H,15,18)(H,19,20). The highest BCUT2D eigenvalue weighted by Gasteiger charge is 2.45. The molecule has 1 aromatic heterocycles. The molecule has 130 valence electrons. The van der Waals surface area contributed by atoms with Gasteiger partial charge in [-0.05, 0) is 13.8 Å². The first-order valence-electron chi connectivity index (χ1n) is 6.21. The van der Waals surface area contributed by atoms with Crippen molar-refractivity contribution >= 4 is 23.6 Å². The van der Waals surface area contributed by atoms with Gasteiger partial charge in [0, 0.05) is 18.1 Å². The summed E-state index contributed by atoms with van der Waals surface area (Å²) in [6.45, 7) is 2.64. The number of carboxylic acids is 1. The van der Waals surface area contributed by atoms with Crippen LogP contribution in [-0.2, 0) is 16.1 Å². The molecule has 23 heavy (non-hydrogen) atoms. The van der Waals surface area contributed by atoms with Crippen LogP contribution in [0.3, 0.4) is 0 Å². The number of nitrogens with zero attached hydrogens (tertiary/aromatic N) is 2. The van der Waals surface area contributed by atoms with Gasteiger partial charge in [0.2, 0.25) is 0 Å². The molecule has 1 unspecified atom stereocenters. The number of hydrogen-bond acceptors (Lipinski definition) is 6. The van der Waals surface area contributed by atoms with Crippen LogP contribution >= 0.6 is 11.8 Å². The van der Waals surface area contributed by atoms with Crippen molar-refractivity contribution in [1.29, 1.82) is 0 Å². The third-order valence-electron chi connectivity index (χ3n) is 2.84. The lowest BCUT2D eigenvalue weighted by Crippen LogP contribution is -2.57. The molecule has 1 amide bonds. The fraction of sp³-hybridized carbons (Fsp3) is 0.636. The average molecular weight is 357 g/mol. The summed E-state index contributed by atoms with van der Waals surface area (Å²) in [6.07, 6.45) is -5.17. The number of carbonyl (C=O) groups excluding carboxylic acids is 1. The average Bonchev–Trinajstić information content (AvgIpc) is 2.73. The first-order chi connectivity index (χ1) is 10.5. The molecule has 0 aliphatic rings. The Morgan fingerprint density at radius 2 is 2.04 bits per heavy atom. The Morgan fingerprint density at radius 1 is 1.43 bits per heavy atom. The molecule has 1 heterocycles. The second-order valence-corrected chi connectivity index (χ2v) is 5.89. The molecule has 1 rings (SSSR count). The van der Waals surface area contributed by atoms with E-state index in [1.165, 1.54) is 16.8 Å². The van der Waals surface area contributed by atoms with Gasteiger partial charge in [-0.2, -0.15) is 24.9 Å². The molecule has 0 bridgehead atoms. The maximum atomic E-state index is 12.2. The van der Waals surface area contributed by atoms with E-state index in [0.29, 0.717) is 5.82 Å². The van der Waals surface area contributed by atoms with E-state index in [1.54, 1.807) is 0 Å². The molecular formula is C11H14F3N3O5S. The van der Waals surface area contributed by atoms with Crippen LogP contribution in [-0.4, -0.2) is 49.9 Å². The normalized spacial score (nSPS) is 14.3. The molecule has 0 aromatic carbocycles. The lowest BCUT2D eigenvalue weighted by atomic mass is 10.1. The summed E-state index contributed by atoms with van der Waals surface area (Å²) in [5.74, 6) is -4.39. The van der Waals surface area contributed by atoms with E-state index in [-0.39, 0.29) is 18.1 Å². The van der Waals surface area contributed by atoms with Crippen molar-refractivity contribution in [2.24, 2.45) is 0 Å². The summed E-state index contributed by atoms with van der Waals surface area (Å²) in [5, 5.41) is 13.9. The van der Waals surface area contributed by atoms with Gasteiger partial charge in [-0.15, -0.1) is 0 Å². The van der Waals surface area contributed by atoms with Crippen LogP contribution in [0.1, 0.15) is 12.7 Å². The van der Waals surface area contributed by atoms with Crippen molar-refractivity contribution in [3.05, 3.63) is 16.4 Å². The molecule has 0 spiro atoms. The number of aromatic nitrogens is 2. The minimum absolute atomic E-state index is 0.141. The SMILES string of the molecule is Cc1noc(=O)n1CCSCC(C)(NC(=O)C(F)(F)F)C(=O)O. The quantitative estimate of drug-likeness (QED) is 0.679. The van der Waals surface area contributed by atoms with Crippen LogP contribution in [0.25, 0.3) is 0 Å². The second-order valence-electron chi connectivity index (χ2n) is 4.79. The number of carbonyl (C=O) groups is 2. The van der Waals surface area contributed by atoms with E-state index in [0.717, 1.165) is 18.7 Å². The Kier molecular flexibility index (Phi) is 5.86. The number of nitrogens with one attached hydrogen (secondary N) is 1. The van der Waals surface area contributed by atoms with Gasteiger partial charge in [0.05, 0.1) is 0 Å². The Labute approximate surface area is 132 Å². The van der Waals surface area contributed by atoms with Gasteiger partial charge in [0.25, 0.3) is 0 Å². The monoisotopic (exact) mass is 357 g/mol. The van der Waals surface area contributed by atoms with Gasteiger partial charge >= 0.3 is 23.8 Å². The van der Waals surface area contributed by atoms with Crippen molar-refractivity contribution < 1.29 is 32.4 Å². The van der Waals surface area contributed by atoms with Crippen LogP contribution in [0.2, 0.25) is 0 Å². The molecular weight excluding hydrogens is 343 g/mol. The lowest BCUT2D eigenvalue weighted by molar-refractivity contribution is -0.177. The van der Waals surface area contributed by atoms with E-state index in [2.05, 4.69) is 9.68 Å². The third kappa shape index (κ3) is 5.01. The predicted molar refractivity (Wildman–Crippen MR) is 73.1 cm³/mol. The zero-order chi connectivity index (χ0) is 17.8. The highest BCUT2D eigenvalue weighted by Crippen LogP contribution is 2.19. The molecule has 0 radical (unpaired) electrons. The Morgan fingerprint density at radius 3 is 2.48 bits per heavy atom. The van der Waals surface area contributed by atoms with Crippen molar-refractivity contribution in [2.75, 3.05) is 11.5 Å². The minimum Gasteiger partial charge on any atom is -0.479 e. The van der Waals surface area contributed by atoms with E-state index in [4.69, 9.17) is 5.11 Å². The van der Waals surface area contributed by atoms with Gasteiger partial charge < -0.3 is 10.4 Å². The van der Waals surface area contributed by atoms with Crippen molar-refractivity contribution in [3.63, 3.8) is 0 Å². The van der Waals surface area contributed by atoms with E-state index in [1.807, 2.05) is 0 Å². The number of rotatable bonds is 7. The van der Waals surface area contributed by atoms with Crippen molar-refractivity contribution in [1.82, 2.24) is 15.0 Å². The van der Waals surface area contributed by atoms with Crippen LogP contribution in [0.15, 0.2) is 9.32 Å². The number of halogens is 3. The fourth-order valence-electron chi connectivity index (χ4n) is 1.49. The van der Waals surface area contributed by atoms with Crippen LogP contribution in [0.4, 0.5) is 13.2 Å². The molecule has 0 aliphatic carbocycles. The first kappa shape index (κ1) is 19.1. The molecule has 8 nitrogen and oxygen atoms in total. The highest BCUT2D eigenvalue weighted by molar-refractivity contribution is 7.99. The predicted octanol–water partition coefficient (Wildman–Crippen LogP) is 0.400. The second kappa shape index (κ2) is 7.06. The Bertz CT molecular complexity index is 642.